The summed E-state index contributed by atoms with van der Waals surface area (Å²) in [6.07, 6.45) is 0.782. The van der Waals surface area contributed by atoms with Crippen LogP contribution in [0.2, 0.25) is 0 Å². The molecular weight excluding hydrogens is 464 g/mol. The van der Waals surface area contributed by atoms with Crippen LogP contribution in [0.25, 0.3) is 0 Å². The molecule has 5 rings (SSSR count). The quantitative estimate of drug-likeness (QED) is 0.625. The van der Waals surface area contributed by atoms with Crippen molar-refractivity contribution in [3.63, 3.8) is 0 Å². The zero-order chi connectivity index (χ0) is 25.1. The molecule has 4 heterocycles. The van der Waals surface area contributed by atoms with E-state index >= 15 is 0 Å². The summed E-state index contributed by atoms with van der Waals surface area (Å²) in [7, 11) is 2.11. The Morgan fingerprint density at radius 1 is 1.19 bits per heavy atom. The summed E-state index contributed by atoms with van der Waals surface area (Å²) in [5.41, 5.74) is 2.45. The number of rotatable bonds is 7. The van der Waals surface area contributed by atoms with Crippen molar-refractivity contribution in [3.8, 4) is 12.1 Å². The Morgan fingerprint density at radius 3 is 2.83 bits per heavy atom. The van der Waals surface area contributed by atoms with Gasteiger partial charge in [0, 0.05) is 55.1 Å². The molecule has 3 aliphatic rings. The first kappa shape index (κ1) is 24.7. The molecular formula is C26H33F2N7O. The van der Waals surface area contributed by atoms with E-state index in [0.717, 1.165) is 49.6 Å². The zero-order valence-corrected chi connectivity index (χ0v) is 20.7. The number of para-hydroxylation sites is 1. The predicted octanol–water partition coefficient (Wildman–Crippen LogP) is 3.14. The van der Waals surface area contributed by atoms with E-state index in [-0.39, 0.29) is 11.6 Å². The number of aromatic nitrogens is 2. The molecule has 3 aliphatic heterocycles. The van der Waals surface area contributed by atoms with Crippen molar-refractivity contribution in [2.45, 2.75) is 50.7 Å². The molecule has 0 bridgehead atoms. The molecule has 2 saturated heterocycles. The molecule has 192 valence electrons. The lowest BCUT2D eigenvalue weighted by atomic mass is 10.0. The fourth-order valence-electron chi connectivity index (χ4n) is 5.51. The van der Waals surface area contributed by atoms with Crippen LogP contribution in [0, 0.1) is 11.3 Å². The van der Waals surface area contributed by atoms with Gasteiger partial charge in [-0.3, -0.25) is 0 Å². The molecule has 8 nitrogen and oxygen atoms in total. The lowest BCUT2D eigenvalue weighted by Crippen LogP contribution is -2.51. The third kappa shape index (κ3) is 5.22. The Morgan fingerprint density at radius 2 is 2.06 bits per heavy atom. The van der Waals surface area contributed by atoms with Gasteiger partial charge in [-0.05, 0) is 38.9 Å². The van der Waals surface area contributed by atoms with E-state index in [1.807, 2.05) is 4.90 Å². The molecule has 0 aliphatic carbocycles. The van der Waals surface area contributed by atoms with Gasteiger partial charge in [-0.2, -0.15) is 15.2 Å². The molecule has 1 N–H and O–H groups in total. The molecule has 10 heteroatoms. The van der Waals surface area contributed by atoms with Crippen molar-refractivity contribution < 1.29 is 13.5 Å². The van der Waals surface area contributed by atoms with Gasteiger partial charge in [-0.15, -0.1) is 0 Å². The zero-order valence-electron chi connectivity index (χ0n) is 20.7. The van der Waals surface area contributed by atoms with Crippen molar-refractivity contribution in [3.05, 3.63) is 41.1 Å². The van der Waals surface area contributed by atoms with Crippen LogP contribution in [-0.4, -0.2) is 73.3 Å². The Labute approximate surface area is 210 Å². The third-order valence-corrected chi connectivity index (χ3v) is 7.50. The third-order valence-electron chi connectivity index (χ3n) is 7.50. The minimum absolute atomic E-state index is 0.0393. The number of piperazine rings is 1. The van der Waals surface area contributed by atoms with Crippen molar-refractivity contribution in [1.29, 1.82) is 5.26 Å². The summed E-state index contributed by atoms with van der Waals surface area (Å²) in [5.74, 6) is 0.848. The van der Waals surface area contributed by atoms with Crippen LogP contribution in [0.3, 0.4) is 0 Å². The summed E-state index contributed by atoms with van der Waals surface area (Å²) in [4.78, 5) is 16.1. The summed E-state index contributed by atoms with van der Waals surface area (Å²) >= 11 is 0. The number of hydrogen-bond acceptors (Lipinski definition) is 8. The van der Waals surface area contributed by atoms with Gasteiger partial charge in [0.15, 0.2) is 0 Å². The highest BCUT2D eigenvalue weighted by Crippen LogP contribution is 2.35. The first-order valence-electron chi connectivity index (χ1n) is 12.7. The number of ether oxygens (including phenoxy) is 1. The van der Waals surface area contributed by atoms with Gasteiger partial charge < -0.3 is 24.8 Å². The number of nitrogens with zero attached hydrogens (tertiary/aromatic N) is 6. The normalized spacial score (nSPS) is 22.5. The minimum atomic E-state index is -2.54. The summed E-state index contributed by atoms with van der Waals surface area (Å²) in [5, 5.41) is 12.6. The monoisotopic (exact) mass is 497 g/mol. The van der Waals surface area contributed by atoms with Crippen molar-refractivity contribution in [2.75, 3.05) is 56.2 Å². The van der Waals surface area contributed by atoms with E-state index in [1.165, 1.54) is 6.07 Å². The number of benzene rings is 1. The average Bonchev–Trinajstić information content (AvgIpc) is 3.31. The molecule has 0 amide bonds. The van der Waals surface area contributed by atoms with Gasteiger partial charge in [0.2, 0.25) is 0 Å². The summed E-state index contributed by atoms with van der Waals surface area (Å²) in [6.45, 7) is 4.82. The first-order chi connectivity index (χ1) is 17.5. The largest absolute Gasteiger partial charge is 0.462 e. The van der Waals surface area contributed by atoms with E-state index in [1.54, 1.807) is 18.2 Å². The second-order valence-corrected chi connectivity index (χ2v) is 9.83. The molecule has 0 saturated carbocycles. The fraction of sp³-hybridized carbons (Fsp3) is 0.577. The number of hydrogen-bond donors (Lipinski definition) is 1. The number of alkyl halides is 2. The van der Waals surface area contributed by atoms with E-state index in [9.17, 15) is 14.0 Å². The lowest BCUT2D eigenvalue weighted by molar-refractivity contribution is 0.151. The van der Waals surface area contributed by atoms with Gasteiger partial charge in [0.1, 0.15) is 12.4 Å². The van der Waals surface area contributed by atoms with Crippen LogP contribution in [0.15, 0.2) is 24.3 Å². The number of likely N-dealkylation sites (tertiary alicyclic amines) is 1. The van der Waals surface area contributed by atoms with E-state index in [2.05, 4.69) is 28.2 Å². The standard InChI is InChI=1S/C26H33F2N7O/c1-33-12-4-5-19(33)17-36-26-31-22-16-34(23-7-3-2-6-21(23)24(27)28)13-9-20(22)25(32-26)35-14-11-30-18(15-35)8-10-29/h2-3,6-7,18-19,24,30H,4-5,8-9,11-17H2,1H3/t18-,19-/m0/s1. The SMILES string of the molecule is CN1CCC[C@H]1COc1nc2c(c(N3CCN[C@@H](CC#N)C3)n1)CCN(c1ccccc1C(F)F)C2. The van der Waals surface area contributed by atoms with Gasteiger partial charge in [-0.1, -0.05) is 18.2 Å². The van der Waals surface area contributed by atoms with Gasteiger partial charge in [-0.25, -0.2) is 8.78 Å². The van der Waals surface area contributed by atoms with Crippen LogP contribution in [0.5, 0.6) is 6.01 Å². The number of nitriles is 1. The molecule has 1 aromatic carbocycles. The molecule has 0 unspecified atom stereocenters. The highest BCUT2D eigenvalue weighted by molar-refractivity contribution is 5.59. The average molecular weight is 498 g/mol. The Balaban J connectivity index is 1.45. The smallest absolute Gasteiger partial charge is 0.318 e. The fourth-order valence-corrected chi connectivity index (χ4v) is 5.51. The molecule has 0 radical (unpaired) electrons. The van der Waals surface area contributed by atoms with Crippen LogP contribution < -0.4 is 19.9 Å². The summed E-state index contributed by atoms with van der Waals surface area (Å²) < 4.78 is 33.6. The number of halogens is 2. The number of anilines is 2. The molecule has 0 spiro atoms. The summed E-state index contributed by atoms with van der Waals surface area (Å²) in [6, 6.07) is 9.69. The predicted molar refractivity (Wildman–Crippen MR) is 134 cm³/mol. The van der Waals surface area contributed by atoms with Crippen molar-refractivity contribution >= 4 is 11.5 Å². The van der Waals surface area contributed by atoms with Crippen LogP contribution in [0.1, 0.15) is 42.5 Å². The Kier molecular flexibility index (Phi) is 7.48. The van der Waals surface area contributed by atoms with Crippen molar-refractivity contribution in [1.82, 2.24) is 20.2 Å². The number of fused-ring (bicyclic) bond motifs is 1. The maximum Gasteiger partial charge on any atom is 0.318 e. The maximum absolute atomic E-state index is 13.7. The molecule has 1 aromatic heterocycles. The highest BCUT2D eigenvalue weighted by Gasteiger charge is 2.30. The van der Waals surface area contributed by atoms with E-state index in [0.29, 0.717) is 56.8 Å². The van der Waals surface area contributed by atoms with Crippen LogP contribution >= 0.6 is 0 Å². The number of likely N-dealkylation sites (N-methyl/N-ethyl adjacent to an activating group) is 1. The van der Waals surface area contributed by atoms with Crippen molar-refractivity contribution in [2.24, 2.45) is 0 Å². The van der Waals surface area contributed by atoms with Crippen LogP contribution in [0.4, 0.5) is 20.3 Å². The Bertz CT molecular complexity index is 1110. The molecule has 36 heavy (non-hydrogen) atoms. The first-order valence-corrected chi connectivity index (χ1v) is 12.7. The van der Waals surface area contributed by atoms with Gasteiger partial charge in [0.05, 0.1) is 24.7 Å². The van der Waals surface area contributed by atoms with Gasteiger partial charge >= 0.3 is 6.01 Å². The second kappa shape index (κ2) is 10.9. The molecule has 2 aromatic rings. The number of nitrogens with one attached hydrogen (secondary N) is 1. The van der Waals surface area contributed by atoms with Gasteiger partial charge in [0.25, 0.3) is 6.43 Å². The second-order valence-electron chi connectivity index (χ2n) is 9.83. The highest BCUT2D eigenvalue weighted by atomic mass is 19.3. The molecule has 2 fully saturated rings. The van der Waals surface area contributed by atoms with Crippen LogP contribution in [-0.2, 0) is 13.0 Å². The minimum Gasteiger partial charge on any atom is -0.462 e. The van der Waals surface area contributed by atoms with E-state index < -0.39 is 6.43 Å². The molecule has 2 atom stereocenters. The maximum atomic E-state index is 13.7. The Hall–Kier alpha value is -3.03. The lowest BCUT2D eigenvalue weighted by Gasteiger charge is -2.37. The van der Waals surface area contributed by atoms with E-state index in [4.69, 9.17) is 14.7 Å². The topological polar surface area (TPSA) is 80.5 Å².